The molecule has 1 amide bonds. The van der Waals surface area contributed by atoms with Gasteiger partial charge in [0.05, 0.1) is 5.56 Å². The lowest BCUT2D eigenvalue weighted by Crippen LogP contribution is -2.31. The predicted molar refractivity (Wildman–Crippen MR) is 89.0 cm³/mol. The molecule has 0 saturated carbocycles. The summed E-state index contributed by atoms with van der Waals surface area (Å²) in [7, 11) is 0. The second kappa shape index (κ2) is 6.29. The molecule has 1 aliphatic heterocycles. The number of hydrogen-bond acceptors (Lipinski definition) is 5. The lowest BCUT2D eigenvalue weighted by Gasteiger charge is -2.24. The number of aromatic hydroxyl groups is 1. The van der Waals surface area contributed by atoms with Crippen LogP contribution in [0.15, 0.2) is 46.9 Å². The van der Waals surface area contributed by atoms with Gasteiger partial charge in [-0.2, -0.15) is 0 Å². The minimum absolute atomic E-state index is 0.0950. The Morgan fingerprint density at radius 1 is 1.43 bits per heavy atom. The van der Waals surface area contributed by atoms with E-state index in [4.69, 9.17) is 0 Å². The molecule has 2 aromatic rings. The standard InChI is InChI=1S/C16H15N3O3S/c1-2-6-23-16-18-14-13(15(22)19-16)11(8-12(21)17-14)9-4-3-5-10(20)7-9/h2-5,7,11,20H,1,6,8H2,(H2,17,18,19,21,22)/t11-/m0/s1. The van der Waals surface area contributed by atoms with Crippen molar-refractivity contribution in [3.63, 3.8) is 0 Å². The maximum absolute atomic E-state index is 12.5. The summed E-state index contributed by atoms with van der Waals surface area (Å²) in [4.78, 5) is 31.5. The van der Waals surface area contributed by atoms with Gasteiger partial charge in [0.2, 0.25) is 5.91 Å². The van der Waals surface area contributed by atoms with Gasteiger partial charge in [-0.15, -0.1) is 6.58 Å². The monoisotopic (exact) mass is 329 g/mol. The predicted octanol–water partition coefficient (Wildman–Crippen LogP) is 2.23. The van der Waals surface area contributed by atoms with Crippen LogP contribution >= 0.6 is 11.8 Å². The van der Waals surface area contributed by atoms with Crippen LogP contribution in [-0.2, 0) is 4.79 Å². The Kier molecular flexibility index (Phi) is 4.20. The first kappa shape index (κ1) is 15.4. The number of anilines is 1. The highest BCUT2D eigenvalue weighted by Gasteiger charge is 2.31. The number of nitrogens with zero attached hydrogens (tertiary/aromatic N) is 1. The molecule has 0 bridgehead atoms. The molecule has 7 heteroatoms. The maximum atomic E-state index is 12.5. The van der Waals surface area contributed by atoms with Crippen molar-refractivity contribution in [2.24, 2.45) is 0 Å². The van der Waals surface area contributed by atoms with Gasteiger partial charge in [-0.3, -0.25) is 9.59 Å². The van der Waals surface area contributed by atoms with Crippen LogP contribution in [0, 0.1) is 0 Å². The van der Waals surface area contributed by atoms with Crippen LogP contribution in [0.1, 0.15) is 23.5 Å². The Labute approximate surface area is 136 Å². The van der Waals surface area contributed by atoms with E-state index in [-0.39, 0.29) is 29.5 Å². The van der Waals surface area contributed by atoms with E-state index < -0.39 is 5.92 Å². The molecule has 1 aliphatic rings. The van der Waals surface area contributed by atoms with Crippen molar-refractivity contribution in [2.75, 3.05) is 11.1 Å². The Balaban J connectivity index is 2.08. The van der Waals surface area contributed by atoms with Crippen LogP contribution in [0.5, 0.6) is 5.75 Å². The number of aromatic nitrogens is 2. The van der Waals surface area contributed by atoms with Crippen LogP contribution in [0.3, 0.4) is 0 Å². The van der Waals surface area contributed by atoms with Crippen molar-refractivity contribution in [1.29, 1.82) is 0 Å². The van der Waals surface area contributed by atoms with Crippen molar-refractivity contribution in [1.82, 2.24) is 9.97 Å². The van der Waals surface area contributed by atoms with Gasteiger partial charge in [-0.1, -0.05) is 30.0 Å². The van der Waals surface area contributed by atoms with Gasteiger partial charge in [-0.25, -0.2) is 4.98 Å². The lowest BCUT2D eigenvalue weighted by atomic mass is 9.87. The Bertz CT molecular complexity index is 832. The molecule has 3 N–H and O–H groups in total. The average molecular weight is 329 g/mol. The van der Waals surface area contributed by atoms with E-state index in [2.05, 4.69) is 21.9 Å². The number of H-pyrrole nitrogens is 1. The van der Waals surface area contributed by atoms with Crippen LogP contribution < -0.4 is 10.9 Å². The van der Waals surface area contributed by atoms with Crippen LogP contribution in [0.4, 0.5) is 5.82 Å². The summed E-state index contributed by atoms with van der Waals surface area (Å²) in [5, 5.41) is 12.7. The van der Waals surface area contributed by atoms with Gasteiger partial charge in [-0.05, 0) is 17.7 Å². The molecule has 1 atom stereocenters. The summed E-state index contributed by atoms with van der Waals surface area (Å²) < 4.78 is 0. The number of carbonyl (C=O) groups is 1. The Morgan fingerprint density at radius 3 is 3.00 bits per heavy atom. The third-order valence-electron chi connectivity index (χ3n) is 3.54. The van der Waals surface area contributed by atoms with Crippen molar-refractivity contribution in [3.05, 3.63) is 58.4 Å². The largest absolute Gasteiger partial charge is 0.508 e. The summed E-state index contributed by atoms with van der Waals surface area (Å²) in [5.41, 5.74) is 0.841. The molecule has 0 spiro atoms. The highest BCUT2D eigenvalue weighted by Crippen LogP contribution is 2.35. The van der Waals surface area contributed by atoms with E-state index in [0.29, 0.717) is 22.0 Å². The molecule has 1 aromatic carbocycles. The summed E-state index contributed by atoms with van der Waals surface area (Å²) in [5.74, 6) is 0.345. The fourth-order valence-corrected chi connectivity index (χ4v) is 3.18. The molecule has 0 saturated heterocycles. The van der Waals surface area contributed by atoms with Crippen LogP contribution in [-0.4, -0.2) is 26.7 Å². The molecule has 3 rings (SSSR count). The van der Waals surface area contributed by atoms with E-state index in [1.165, 1.54) is 11.8 Å². The zero-order valence-electron chi connectivity index (χ0n) is 12.2. The number of rotatable bonds is 4. The van der Waals surface area contributed by atoms with Gasteiger partial charge < -0.3 is 15.4 Å². The summed E-state index contributed by atoms with van der Waals surface area (Å²) in [6.07, 6.45) is 1.85. The van der Waals surface area contributed by atoms with E-state index in [1.807, 2.05) is 0 Å². The Morgan fingerprint density at radius 2 is 2.26 bits per heavy atom. The smallest absolute Gasteiger partial charge is 0.257 e. The number of phenols is 1. The van der Waals surface area contributed by atoms with Crippen molar-refractivity contribution < 1.29 is 9.90 Å². The molecular formula is C16H15N3O3S. The lowest BCUT2D eigenvalue weighted by molar-refractivity contribution is -0.116. The first-order chi connectivity index (χ1) is 11.1. The van der Waals surface area contributed by atoms with Gasteiger partial charge in [0, 0.05) is 18.1 Å². The van der Waals surface area contributed by atoms with E-state index >= 15 is 0 Å². The second-order valence-electron chi connectivity index (χ2n) is 5.13. The van der Waals surface area contributed by atoms with E-state index in [1.54, 1.807) is 30.3 Å². The highest BCUT2D eigenvalue weighted by molar-refractivity contribution is 7.99. The minimum Gasteiger partial charge on any atom is -0.508 e. The van der Waals surface area contributed by atoms with Gasteiger partial charge >= 0.3 is 0 Å². The first-order valence-corrected chi connectivity index (χ1v) is 8.03. The van der Waals surface area contributed by atoms with Crippen molar-refractivity contribution >= 4 is 23.5 Å². The highest BCUT2D eigenvalue weighted by atomic mass is 32.2. The third kappa shape index (κ3) is 3.14. The number of hydrogen-bond donors (Lipinski definition) is 3. The number of phenolic OH excluding ortho intramolecular Hbond substituents is 1. The molecule has 0 fully saturated rings. The molecule has 0 unspecified atom stereocenters. The fourth-order valence-electron chi connectivity index (χ4n) is 2.58. The molecule has 6 nitrogen and oxygen atoms in total. The van der Waals surface area contributed by atoms with Crippen molar-refractivity contribution in [2.45, 2.75) is 17.5 Å². The number of fused-ring (bicyclic) bond motifs is 1. The van der Waals surface area contributed by atoms with Gasteiger partial charge in [0.25, 0.3) is 5.56 Å². The SMILES string of the molecule is C=CCSc1nc2c(c(=O)[nH]1)[C@H](c1cccc(O)c1)CC(=O)N2. The summed E-state index contributed by atoms with van der Waals surface area (Å²) in [6, 6.07) is 6.58. The molecule has 2 heterocycles. The zero-order valence-corrected chi connectivity index (χ0v) is 13.0. The van der Waals surface area contributed by atoms with E-state index in [0.717, 1.165) is 0 Å². The Hall–Kier alpha value is -2.54. The maximum Gasteiger partial charge on any atom is 0.257 e. The first-order valence-electron chi connectivity index (χ1n) is 7.05. The molecule has 118 valence electrons. The minimum atomic E-state index is -0.430. The van der Waals surface area contributed by atoms with Gasteiger partial charge in [0.1, 0.15) is 11.6 Å². The summed E-state index contributed by atoms with van der Waals surface area (Å²) in [6.45, 7) is 3.62. The van der Waals surface area contributed by atoms with E-state index in [9.17, 15) is 14.7 Å². The molecular weight excluding hydrogens is 314 g/mol. The van der Waals surface area contributed by atoms with Crippen molar-refractivity contribution in [3.8, 4) is 5.75 Å². The quantitative estimate of drug-likeness (QED) is 0.454. The fraction of sp³-hybridized carbons (Fsp3) is 0.188. The second-order valence-corrected chi connectivity index (χ2v) is 6.14. The normalized spacial score (nSPS) is 16.5. The number of amides is 1. The topological polar surface area (TPSA) is 95.1 Å². The number of benzene rings is 1. The number of nitrogens with one attached hydrogen (secondary N) is 2. The third-order valence-corrected chi connectivity index (χ3v) is 4.41. The van der Waals surface area contributed by atoms with Crippen LogP contribution in [0.2, 0.25) is 0 Å². The molecule has 23 heavy (non-hydrogen) atoms. The number of carbonyl (C=O) groups excluding carboxylic acids is 1. The molecule has 0 radical (unpaired) electrons. The molecule has 1 aromatic heterocycles. The number of aromatic amines is 1. The summed E-state index contributed by atoms with van der Waals surface area (Å²) >= 11 is 1.33. The number of thioether (sulfide) groups is 1. The molecule has 0 aliphatic carbocycles. The van der Waals surface area contributed by atoms with Crippen LogP contribution in [0.25, 0.3) is 0 Å². The van der Waals surface area contributed by atoms with Gasteiger partial charge in [0.15, 0.2) is 5.16 Å². The zero-order chi connectivity index (χ0) is 16.4. The average Bonchev–Trinajstić information content (AvgIpc) is 2.51.